The fourth-order valence-corrected chi connectivity index (χ4v) is 1.64. The number of hydrogen-bond acceptors (Lipinski definition) is 4. The molecule has 2 aromatic rings. The Balaban J connectivity index is 2.11. The highest BCUT2D eigenvalue weighted by molar-refractivity contribution is 5.41. The molecule has 0 spiro atoms. The SMILES string of the molecule is Cc1cnc(C)c(NCc2cccc(C#N)c2)n1. The van der Waals surface area contributed by atoms with Crippen molar-refractivity contribution in [3.63, 3.8) is 0 Å². The van der Waals surface area contributed by atoms with E-state index < -0.39 is 0 Å². The molecule has 0 unspecified atom stereocenters. The normalized spacial score (nSPS) is 9.83. The maximum absolute atomic E-state index is 8.84. The largest absolute Gasteiger partial charge is 0.364 e. The molecular formula is C14H14N4. The molecule has 0 aliphatic heterocycles. The van der Waals surface area contributed by atoms with Crippen LogP contribution >= 0.6 is 0 Å². The smallest absolute Gasteiger partial charge is 0.148 e. The molecule has 0 bridgehead atoms. The van der Waals surface area contributed by atoms with E-state index in [4.69, 9.17) is 5.26 Å². The molecule has 0 saturated heterocycles. The predicted octanol–water partition coefficient (Wildman–Crippen LogP) is 2.58. The summed E-state index contributed by atoms with van der Waals surface area (Å²) in [4.78, 5) is 8.64. The van der Waals surface area contributed by atoms with Crippen LogP contribution in [-0.2, 0) is 6.54 Å². The van der Waals surface area contributed by atoms with Gasteiger partial charge in [0.25, 0.3) is 0 Å². The highest BCUT2D eigenvalue weighted by Crippen LogP contribution is 2.11. The summed E-state index contributed by atoms with van der Waals surface area (Å²) in [5.74, 6) is 0.789. The maximum Gasteiger partial charge on any atom is 0.148 e. The van der Waals surface area contributed by atoms with Gasteiger partial charge in [-0.2, -0.15) is 5.26 Å². The summed E-state index contributed by atoms with van der Waals surface area (Å²) in [6.07, 6.45) is 1.75. The summed E-state index contributed by atoms with van der Waals surface area (Å²) < 4.78 is 0. The standard InChI is InChI=1S/C14H14N4/c1-10-8-16-11(2)14(18-10)17-9-13-5-3-4-12(6-13)7-15/h3-6,8H,9H2,1-2H3,(H,17,18). The summed E-state index contributed by atoms with van der Waals surface area (Å²) in [6, 6.07) is 9.65. The molecule has 0 atom stereocenters. The van der Waals surface area contributed by atoms with Crippen LogP contribution in [0.5, 0.6) is 0 Å². The lowest BCUT2D eigenvalue weighted by atomic mass is 10.1. The van der Waals surface area contributed by atoms with Gasteiger partial charge in [-0.15, -0.1) is 0 Å². The van der Waals surface area contributed by atoms with Gasteiger partial charge in [0, 0.05) is 12.7 Å². The zero-order chi connectivity index (χ0) is 13.0. The van der Waals surface area contributed by atoms with Crippen molar-refractivity contribution >= 4 is 5.82 Å². The molecule has 0 aliphatic carbocycles. The van der Waals surface area contributed by atoms with Gasteiger partial charge in [0.15, 0.2) is 0 Å². The van der Waals surface area contributed by atoms with E-state index in [0.717, 1.165) is 22.8 Å². The van der Waals surface area contributed by atoms with Crippen LogP contribution in [-0.4, -0.2) is 9.97 Å². The maximum atomic E-state index is 8.84. The van der Waals surface area contributed by atoms with Crippen molar-refractivity contribution in [1.82, 2.24) is 9.97 Å². The fourth-order valence-electron chi connectivity index (χ4n) is 1.64. The van der Waals surface area contributed by atoms with Gasteiger partial charge >= 0.3 is 0 Å². The monoisotopic (exact) mass is 238 g/mol. The molecule has 1 aromatic heterocycles. The van der Waals surface area contributed by atoms with E-state index in [0.29, 0.717) is 12.1 Å². The minimum atomic E-state index is 0.633. The summed E-state index contributed by atoms with van der Waals surface area (Å²) in [6.45, 7) is 4.46. The number of benzene rings is 1. The third-order valence-corrected chi connectivity index (χ3v) is 2.59. The van der Waals surface area contributed by atoms with Crippen molar-refractivity contribution in [3.8, 4) is 6.07 Å². The highest BCUT2D eigenvalue weighted by atomic mass is 15.0. The van der Waals surface area contributed by atoms with E-state index in [2.05, 4.69) is 21.4 Å². The first kappa shape index (κ1) is 12.1. The average molecular weight is 238 g/mol. The van der Waals surface area contributed by atoms with Crippen molar-refractivity contribution in [1.29, 1.82) is 5.26 Å². The summed E-state index contributed by atoms with van der Waals surface area (Å²) in [7, 11) is 0. The van der Waals surface area contributed by atoms with Crippen molar-refractivity contribution in [3.05, 3.63) is 53.0 Å². The van der Waals surface area contributed by atoms with Crippen LogP contribution in [0.3, 0.4) is 0 Å². The minimum absolute atomic E-state index is 0.633. The molecule has 1 N–H and O–H groups in total. The van der Waals surface area contributed by atoms with E-state index in [-0.39, 0.29) is 0 Å². The van der Waals surface area contributed by atoms with Crippen LogP contribution in [0.4, 0.5) is 5.82 Å². The van der Waals surface area contributed by atoms with Crippen LogP contribution in [0, 0.1) is 25.2 Å². The number of nitrogens with one attached hydrogen (secondary N) is 1. The first-order valence-corrected chi connectivity index (χ1v) is 5.72. The highest BCUT2D eigenvalue weighted by Gasteiger charge is 2.02. The predicted molar refractivity (Wildman–Crippen MR) is 70.0 cm³/mol. The molecule has 90 valence electrons. The molecule has 0 fully saturated rings. The number of nitriles is 1. The number of rotatable bonds is 3. The van der Waals surface area contributed by atoms with E-state index in [1.165, 1.54) is 0 Å². The quantitative estimate of drug-likeness (QED) is 0.892. The molecule has 0 amide bonds. The molecule has 18 heavy (non-hydrogen) atoms. The van der Waals surface area contributed by atoms with Crippen LogP contribution in [0.25, 0.3) is 0 Å². The third kappa shape index (κ3) is 2.83. The molecule has 4 nitrogen and oxygen atoms in total. The van der Waals surface area contributed by atoms with Crippen LogP contribution < -0.4 is 5.32 Å². The van der Waals surface area contributed by atoms with Crippen molar-refractivity contribution in [2.45, 2.75) is 20.4 Å². The molecule has 0 aliphatic rings. The number of anilines is 1. The van der Waals surface area contributed by atoms with Crippen molar-refractivity contribution in [2.75, 3.05) is 5.32 Å². The number of aromatic nitrogens is 2. The fraction of sp³-hybridized carbons (Fsp3) is 0.214. The van der Waals surface area contributed by atoms with Gasteiger partial charge in [0.2, 0.25) is 0 Å². The summed E-state index contributed by atoms with van der Waals surface area (Å²) >= 11 is 0. The Morgan fingerprint density at radius 3 is 2.94 bits per heavy atom. The number of hydrogen-bond donors (Lipinski definition) is 1. The average Bonchev–Trinajstić information content (AvgIpc) is 2.40. The van der Waals surface area contributed by atoms with E-state index in [1.54, 1.807) is 12.3 Å². The molecule has 1 aromatic carbocycles. The Bertz CT molecular complexity index is 599. The van der Waals surface area contributed by atoms with Crippen molar-refractivity contribution < 1.29 is 0 Å². The van der Waals surface area contributed by atoms with E-state index in [9.17, 15) is 0 Å². The molecule has 4 heteroatoms. The Kier molecular flexibility index (Phi) is 3.54. The summed E-state index contributed by atoms with van der Waals surface area (Å²) in [5, 5.41) is 12.1. The molecule has 1 heterocycles. The van der Waals surface area contributed by atoms with E-state index >= 15 is 0 Å². The van der Waals surface area contributed by atoms with Gasteiger partial charge in [0.1, 0.15) is 5.82 Å². The second-order valence-corrected chi connectivity index (χ2v) is 4.11. The molecule has 2 rings (SSSR count). The Labute approximate surface area is 106 Å². The van der Waals surface area contributed by atoms with Gasteiger partial charge in [-0.1, -0.05) is 12.1 Å². The first-order valence-electron chi connectivity index (χ1n) is 5.72. The molecular weight excluding hydrogens is 224 g/mol. The number of nitrogens with zero attached hydrogens (tertiary/aromatic N) is 3. The second kappa shape index (κ2) is 5.28. The van der Waals surface area contributed by atoms with Crippen LogP contribution in [0.1, 0.15) is 22.5 Å². The van der Waals surface area contributed by atoms with Gasteiger partial charge in [-0.05, 0) is 31.5 Å². The van der Waals surface area contributed by atoms with Crippen molar-refractivity contribution in [2.24, 2.45) is 0 Å². The minimum Gasteiger partial charge on any atom is -0.364 e. The second-order valence-electron chi connectivity index (χ2n) is 4.11. The Morgan fingerprint density at radius 1 is 1.33 bits per heavy atom. The lowest BCUT2D eigenvalue weighted by molar-refractivity contribution is 1.02. The van der Waals surface area contributed by atoms with Gasteiger partial charge in [-0.25, -0.2) is 4.98 Å². The zero-order valence-electron chi connectivity index (χ0n) is 10.4. The van der Waals surface area contributed by atoms with E-state index in [1.807, 2.05) is 32.0 Å². The van der Waals surface area contributed by atoms with Gasteiger partial charge < -0.3 is 5.32 Å². The molecule has 0 saturated carbocycles. The zero-order valence-corrected chi connectivity index (χ0v) is 10.4. The summed E-state index contributed by atoms with van der Waals surface area (Å²) in [5.41, 5.74) is 3.48. The van der Waals surface area contributed by atoms with Crippen LogP contribution in [0.15, 0.2) is 30.5 Å². The van der Waals surface area contributed by atoms with Gasteiger partial charge in [0.05, 0.1) is 23.0 Å². The first-order chi connectivity index (χ1) is 8.69. The Morgan fingerprint density at radius 2 is 2.17 bits per heavy atom. The lowest BCUT2D eigenvalue weighted by Gasteiger charge is -2.08. The Hall–Kier alpha value is -2.41. The topological polar surface area (TPSA) is 61.6 Å². The lowest BCUT2D eigenvalue weighted by Crippen LogP contribution is -2.05. The third-order valence-electron chi connectivity index (χ3n) is 2.59. The van der Waals surface area contributed by atoms with Crippen LogP contribution in [0.2, 0.25) is 0 Å². The van der Waals surface area contributed by atoms with Gasteiger partial charge in [-0.3, -0.25) is 4.98 Å². The number of aryl methyl sites for hydroxylation is 2. The molecule has 0 radical (unpaired) electrons.